The van der Waals surface area contributed by atoms with Crippen molar-refractivity contribution < 1.29 is 40.5 Å². The number of carbonyl (C=O) groups excluding carboxylic acids is 1. The molecule has 1 aliphatic heterocycles. The molecule has 82 valence electrons. The third-order valence-corrected chi connectivity index (χ3v) is 2.62. The molecule has 1 amide bonds. The van der Waals surface area contributed by atoms with Crippen molar-refractivity contribution in [3.63, 3.8) is 0 Å². The molecule has 0 radical (unpaired) electrons. The second-order valence-corrected chi connectivity index (χ2v) is 4.07. The molecular weight excluding hydrogens is 243 g/mol. The number of nitrogens with zero attached hydrogens (tertiary/aromatic N) is 2. The Kier molecular flexibility index (Phi) is 7.99. The summed E-state index contributed by atoms with van der Waals surface area (Å²) >= 11 is 9.01. The molecule has 0 spiro atoms. The molecule has 0 N–H and O–H groups in total. The summed E-state index contributed by atoms with van der Waals surface area (Å²) in [6, 6.07) is 0. The Labute approximate surface area is 124 Å². The van der Waals surface area contributed by atoms with Crippen molar-refractivity contribution >= 4 is 35.3 Å². The molecule has 0 aromatic rings. The van der Waals surface area contributed by atoms with Crippen molar-refractivity contribution in [2.45, 2.75) is 6.92 Å². The van der Waals surface area contributed by atoms with Gasteiger partial charge in [0.1, 0.15) is 4.32 Å². The summed E-state index contributed by atoms with van der Waals surface area (Å²) in [7, 11) is 0. The van der Waals surface area contributed by atoms with Gasteiger partial charge < -0.3 is 16.0 Å². The maximum atomic E-state index is 11.3. The van der Waals surface area contributed by atoms with Gasteiger partial charge >= 0.3 is 35.7 Å². The summed E-state index contributed by atoms with van der Waals surface area (Å²) in [4.78, 5) is 15.0. The first-order valence-corrected chi connectivity index (χ1v) is 5.40. The van der Waals surface area contributed by atoms with Gasteiger partial charge in [-0.25, -0.2) is 4.79 Å². The summed E-state index contributed by atoms with van der Waals surface area (Å²) in [6.07, 6.45) is -0.239. The van der Waals surface area contributed by atoms with Crippen LogP contribution < -0.4 is 29.6 Å². The van der Waals surface area contributed by atoms with Crippen molar-refractivity contribution in [3.05, 3.63) is 0 Å². The second kappa shape index (κ2) is 7.73. The Morgan fingerprint density at radius 1 is 1.40 bits per heavy atom. The smallest absolute Gasteiger partial charge is 1.00 e. The Morgan fingerprint density at radius 3 is 2.27 bits per heavy atom. The first-order valence-electron chi connectivity index (χ1n) is 4.54. The minimum Gasteiger partial charge on any atom is -1.00 e. The number of hydrogen-bond acceptors (Lipinski definition) is 3. The number of hydrogen-bond donors (Lipinski definition) is 1. The molecule has 7 heteroatoms. The molecule has 0 saturated carbocycles. The topological polar surface area (TPSA) is 32.8 Å². The van der Waals surface area contributed by atoms with Crippen LogP contribution in [-0.2, 0) is 4.74 Å². The average Bonchev–Trinajstić information content (AvgIpc) is 2.18. The maximum absolute atomic E-state index is 11.3. The Bertz CT molecular complexity index is 238. The summed E-state index contributed by atoms with van der Waals surface area (Å²) in [5.74, 6) is 0. The van der Waals surface area contributed by atoms with Crippen molar-refractivity contribution in [2.75, 3.05) is 32.8 Å². The number of carbonyl (C=O) groups is 1. The molecule has 1 aliphatic rings. The minimum atomic E-state index is -0.239. The van der Waals surface area contributed by atoms with Crippen LogP contribution in [0.4, 0.5) is 4.79 Å². The summed E-state index contributed by atoms with van der Waals surface area (Å²) in [5.41, 5.74) is 0. The number of amides is 1. The summed E-state index contributed by atoms with van der Waals surface area (Å²) in [6.45, 7) is 5.00. The zero-order chi connectivity index (χ0) is 10.6. The normalized spacial score (nSPS) is 15.6. The molecule has 0 aromatic heterocycles. The van der Waals surface area contributed by atoms with Crippen molar-refractivity contribution in [2.24, 2.45) is 0 Å². The van der Waals surface area contributed by atoms with Gasteiger partial charge in [-0.1, -0.05) is 12.2 Å². The fraction of sp³-hybridized carbons (Fsp3) is 0.750. The quantitative estimate of drug-likeness (QED) is 0.338. The standard InChI is InChI=1S/C8H14N2O2S2.Na.H/c1-2-12-7(11)9-3-5-10(6-4-9)8(13)14;;/h2-6H2,1H3,(H,13,14);;/q;+1;-1. The maximum Gasteiger partial charge on any atom is 1.00 e. The zero-order valence-electron chi connectivity index (χ0n) is 10.1. The Balaban J connectivity index is 0. The van der Waals surface area contributed by atoms with Crippen LogP contribution in [0.3, 0.4) is 0 Å². The van der Waals surface area contributed by atoms with Gasteiger partial charge in [0.15, 0.2) is 0 Å². The van der Waals surface area contributed by atoms with E-state index in [1.807, 2.05) is 4.90 Å². The SMILES string of the molecule is CCOC(=O)N1CCN(C(=S)S)CC1.[H-].[Na+]. The van der Waals surface area contributed by atoms with E-state index in [4.69, 9.17) is 17.0 Å². The van der Waals surface area contributed by atoms with E-state index in [2.05, 4.69) is 12.6 Å². The van der Waals surface area contributed by atoms with Crippen molar-refractivity contribution in [1.82, 2.24) is 9.80 Å². The summed E-state index contributed by atoms with van der Waals surface area (Å²) in [5, 5.41) is 0. The number of thiocarbonyl (C=S) groups is 1. The minimum absolute atomic E-state index is 0. The second-order valence-electron chi connectivity index (χ2n) is 2.96. The van der Waals surface area contributed by atoms with Crippen LogP contribution in [0.25, 0.3) is 0 Å². The van der Waals surface area contributed by atoms with E-state index >= 15 is 0 Å². The fourth-order valence-corrected chi connectivity index (χ4v) is 1.68. The molecule has 0 aromatic carbocycles. The number of ether oxygens (including phenoxy) is 1. The van der Waals surface area contributed by atoms with Crippen LogP contribution in [0.2, 0.25) is 0 Å². The predicted octanol–water partition coefficient (Wildman–Crippen LogP) is -1.91. The fourth-order valence-electron chi connectivity index (χ4n) is 1.30. The third-order valence-electron chi connectivity index (χ3n) is 2.08. The van der Waals surface area contributed by atoms with Gasteiger partial charge in [-0.15, -0.1) is 12.6 Å². The van der Waals surface area contributed by atoms with E-state index < -0.39 is 0 Å². The van der Waals surface area contributed by atoms with Gasteiger partial charge in [0, 0.05) is 26.2 Å². The molecule has 1 rings (SSSR count). The molecule has 1 saturated heterocycles. The molecule has 0 atom stereocenters. The van der Waals surface area contributed by atoms with Crippen LogP contribution in [0, 0.1) is 0 Å². The number of rotatable bonds is 1. The molecule has 0 bridgehead atoms. The van der Waals surface area contributed by atoms with E-state index in [1.165, 1.54) is 0 Å². The molecule has 4 nitrogen and oxygen atoms in total. The third kappa shape index (κ3) is 4.91. The molecule has 15 heavy (non-hydrogen) atoms. The van der Waals surface area contributed by atoms with E-state index in [0.29, 0.717) is 24.0 Å². The van der Waals surface area contributed by atoms with Gasteiger partial charge in [0.05, 0.1) is 6.61 Å². The largest absolute Gasteiger partial charge is 1.00 e. The Morgan fingerprint density at radius 2 is 1.87 bits per heavy atom. The van der Waals surface area contributed by atoms with Gasteiger partial charge in [0.2, 0.25) is 0 Å². The first-order chi connectivity index (χ1) is 6.65. The van der Waals surface area contributed by atoms with Gasteiger partial charge in [-0.3, -0.25) is 0 Å². The van der Waals surface area contributed by atoms with Crippen LogP contribution in [-0.4, -0.2) is 53.0 Å². The van der Waals surface area contributed by atoms with Crippen molar-refractivity contribution in [3.8, 4) is 0 Å². The van der Waals surface area contributed by atoms with E-state index in [0.717, 1.165) is 13.1 Å². The van der Waals surface area contributed by atoms with Crippen LogP contribution in [0.1, 0.15) is 8.35 Å². The molecule has 1 heterocycles. The van der Waals surface area contributed by atoms with Crippen LogP contribution in [0.5, 0.6) is 0 Å². The monoisotopic (exact) mass is 258 g/mol. The van der Waals surface area contributed by atoms with Crippen molar-refractivity contribution in [1.29, 1.82) is 0 Å². The molecular formula is C8H15N2NaO2S2. The average molecular weight is 258 g/mol. The first kappa shape index (κ1) is 15.5. The van der Waals surface area contributed by atoms with Crippen LogP contribution >= 0.6 is 24.8 Å². The van der Waals surface area contributed by atoms with E-state index in [9.17, 15) is 4.79 Å². The molecule has 0 unspecified atom stereocenters. The molecule has 0 aliphatic carbocycles. The number of piperazine rings is 1. The predicted molar refractivity (Wildman–Crippen MR) is 62.9 cm³/mol. The van der Waals surface area contributed by atoms with E-state index in [-0.39, 0.29) is 37.1 Å². The van der Waals surface area contributed by atoms with E-state index in [1.54, 1.807) is 11.8 Å². The van der Waals surface area contributed by atoms with Crippen LogP contribution in [0.15, 0.2) is 0 Å². The summed E-state index contributed by atoms with van der Waals surface area (Å²) < 4.78 is 5.48. The van der Waals surface area contributed by atoms with Gasteiger partial charge in [-0.05, 0) is 6.92 Å². The van der Waals surface area contributed by atoms with Gasteiger partial charge in [-0.2, -0.15) is 0 Å². The number of thiol groups is 1. The van der Waals surface area contributed by atoms with Gasteiger partial charge in [0.25, 0.3) is 0 Å². The Hall–Kier alpha value is 0.510. The molecule has 1 fully saturated rings. The zero-order valence-corrected chi connectivity index (χ0v) is 12.8.